The van der Waals surface area contributed by atoms with Crippen LogP contribution in [0.15, 0.2) is 140 Å². The Morgan fingerprint density at radius 3 is 1.58 bits per heavy atom. The average Bonchev–Trinajstić information content (AvgIpc) is 3.29. The summed E-state index contributed by atoms with van der Waals surface area (Å²) in [5.41, 5.74) is 7.75. The molecule has 7 aromatic carbocycles. The van der Waals surface area contributed by atoms with Gasteiger partial charge >= 0.3 is 7.12 Å². The van der Waals surface area contributed by atoms with Gasteiger partial charge in [-0.3, -0.25) is 0 Å². The number of hydrogen-bond donors (Lipinski definition) is 0. The van der Waals surface area contributed by atoms with Gasteiger partial charge in [-0.2, -0.15) is 0 Å². The van der Waals surface area contributed by atoms with Crippen LogP contribution in [0, 0.1) is 0 Å². The van der Waals surface area contributed by atoms with Crippen molar-refractivity contribution in [2.24, 2.45) is 0 Å². The van der Waals surface area contributed by atoms with E-state index in [1.54, 1.807) is 0 Å². The van der Waals surface area contributed by atoms with E-state index < -0.39 is 0 Å². The molecule has 2 nitrogen and oxygen atoms in total. The van der Waals surface area contributed by atoms with Gasteiger partial charge in [0.25, 0.3) is 0 Å². The van der Waals surface area contributed by atoms with Crippen molar-refractivity contribution in [3.63, 3.8) is 0 Å². The van der Waals surface area contributed by atoms with Crippen LogP contribution >= 0.6 is 0 Å². The molecule has 8 rings (SSSR count). The maximum atomic E-state index is 6.29. The summed E-state index contributed by atoms with van der Waals surface area (Å²) in [6.07, 6.45) is 0. The van der Waals surface area contributed by atoms with Crippen molar-refractivity contribution in [2.45, 2.75) is 38.9 Å². The largest absolute Gasteiger partial charge is 0.494 e. The lowest BCUT2D eigenvalue weighted by Crippen LogP contribution is -2.41. The normalized spacial score (nSPS) is 15.7. The van der Waals surface area contributed by atoms with E-state index >= 15 is 0 Å². The van der Waals surface area contributed by atoms with Crippen LogP contribution in [-0.2, 0) is 9.31 Å². The van der Waals surface area contributed by atoms with E-state index in [0.29, 0.717) is 0 Å². The molecule has 0 radical (unpaired) electrons. The van der Waals surface area contributed by atoms with Crippen molar-refractivity contribution >= 4 is 44.9 Å². The summed E-state index contributed by atoms with van der Waals surface area (Å²) in [5.74, 6) is 0. The van der Waals surface area contributed by atoms with Crippen molar-refractivity contribution in [3.05, 3.63) is 140 Å². The lowest BCUT2D eigenvalue weighted by Gasteiger charge is -2.32. The van der Waals surface area contributed by atoms with Gasteiger partial charge in [0, 0.05) is 0 Å². The van der Waals surface area contributed by atoms with Crippen molar-refractivity contribution in [1.29, 1.82) is 0 Å². The van der Waals surface area contributed by atoms with Gasteiger partial charge in [-0.15, -0.1) is 0 Å². The molecule has 1 aliphatic heterocycles. The summed E-state index contributed by atoms with van der Waals surface area (Å²) in [6.45, 7) is 8.37. The van der Waals surface area contributed by atoms with Crippen LogP contribution in [0.5, 0.6) is 0 Å². The van der Waals surface area contributed by atoms with Crippen molar-refractivity contribution in [2.75, 3.05) is 0 Å². The predicted octanol–water partition coefficient (Wildman–Crippen LogP) is 10.4. The molecule has 1 fully saturated rings. The maximum absolute atomic E-state index is 6.29. The van der Waals surface area contributed by atoms with E-state index in [4.69, 9.17) is 9.31 Å². The molecule has 0 atom stereocenters. The number of fused-ring (bicyclic) bond motifs is 3. The van der Waals surface area contributed by atoms with Crippen molar-refractivity contribution in [1.82, 2.24) is 0 Å². The second kappa shape index (κ2) is 10.4. The van der Waals surface area contributed by atoms with Gasteiger partial charge in [-0.25, -0.2) is 0 Å². The van der Waals surface area contributed by atoms with Crippen molar-refractivity contribution < 1.29 is 9.31 Å². The fourth-order valence-electron chi connectivity index (χ4n) is 6.59. The first-order chi connectivity index (χ1) is 21.8. The maximum Gasteiger partial charge on any atom is 0.494 e. The van der Waals surface area contributed by atoms with Gasteiger partial charge in [0.2, 0.25) is 0 Å². The first kappa shape index (κ1) is 27.8. The minimum absolute atomic E-state index is 0.354. The Balaban J connectivity index is 1.11. The molecule has 1 heterocycles. The lowest BCUT2D eigenvalue weighted by atomic mass is 9.78. The molecule has 7 aromatic rings. The summed E-state index contributed by atoms with van der Waals surface area (Å²) in [7, 11) is -0.358. The van der Waals surface area contributed by atoms with E-state index in [9.17, 15) is 0 Å². The average molecular weight is 583 g/mol. The minimum atomic E-state index is -0.358. The molecule has 0 spiro atoms. The molecule has 1 saturated heterocycles. The summed E-state index contributed by atoms with van der Waals surface area (Å²) in [6, 6.07) is 50.8. The highest BCUT2D eigenvalue weighted by molar-refractivity contribution is 6.62. The third-order valence-corrected chi connectivity index (χ3v) is 9.88. The van der Waals surface area contributed by atoms with Crippen LogP contribution < -0.4 is 5.46 Å². The predicted molar refractivity (Wildman–Crippen MR) is 191 cm³/mol. The van der Waals surface area contributed by atoms with Gasteiger partial charge in [0.15, 0.2) is 0 Å². The third-order valence-electron chi connectivity index (χ3n) is 9.88. The first-order valence-electron chi connectivity index (χ1n) is 15.8. The van der Waals surface area contributed by atoms with E-state index in [1.165, 1.54) is 65.7 Å². The zero-order chi connectivity index (χ0) is 30.8. The zero-order valence-electron chi connectivity index (χ0n) is 26.2. The second-order valence-electron chi connectivity index (χ2n) is 13.3. The Bertz CT molecular complexity index is 2230. The van der Waals surface area contributed by atoms with E-state index in [-0.39, 0.29) is 18.3 Å². The Hall–Kier alpha value is -4.70. The van der Waals surface area contributed by atoms with Gasteiger partial charge < -0.3 is 9.31 Å². The number of rotatable bonds is 4. The quantitative estimate of drug-likeness (QED) is 0.192. The summed E-state index contributed by atoms with van der Waals surface area (Å²) in [5, 5.41) is 7.38. The molecule has 218 valence electrons. The van der Waals surface area contributed by atoms with E-state index in [0.717, 1.165) is 5.46 Å². The smallest absolute Gasteiger partial charge is 0.399 e. The second-order valence-corrected chi connectivity index (χ2v) is 13.3. The molecular formula is C42H35BO2. The lowest BCUT2D eigenvalue weighted by molar-refractivity contribution is 0.00578. The Morgan fingerprint density at radius 1 is 0.400 bits per heavy atom. The molecule has 0 N–H and O–H groups in total. The number of hydrogen-bond acceptors (Lipinski definition) is 2. The van der Waals surface area contributed by atoms with Crippen LogP contribution in [0.4, 0.5) is 0 Å². The molecular weight excluding hydrogens is 547 g/mol. The number of benzene rings is 7. The Morgan fingerprint density at radius 2 is 0.889 bits per heavy atom. The highest BCUT2D eigenvalue weighted by Crippen LogP contribution is 2.39. The van der Waals surface area contributed by atoms with E-state index in [2.05, 4.69) is 167 Å². The summed E-state index contributed by atoms with van der Waals surface area (Å²) < 4.78 is 12.6. The SMILES string of the molecule is CC1(C)OB(c2ccc3cc(-c4ccc5cc(-c6ccccc6-c6cccc7ccccc67)ccc5c4)ccc3c2)OC1(C)C. The molecule has 0 aromatic heterocycles. The topological polar surface area (TPSA) is 18.5 Å². The highest BCUT2D eigenvalue weighted by atomic mass is 16.7. The molecule has 3 heteroatoms. The van der Waals surface area contributed by atoms with Crippen LogP contribution in [0.2, 0.25) is 0 Å². The van der Waals surface area contributed by atoms with Crippen LogP contribution in [-0.4, -0.2) is 18.3 Å². The molecule has 1 aliphatic rings. The van der Waals surface area contributed by atoms with Crippen LogP contribution in [0.3, 0.4) is 0 Å². The van der Waals surface area contributed by atoms with Crippen LogP contribution in [0.25, 0.3) is 65.7 Å². The fourth-order valence-corrected chi connectivity index (χ4v) is 6.59. The van der Waals surface area contributed by atoms with Gasteiger partial charge in [0.1, 0.15) is 0 Å². The molecule has 45 heavy (non-hydrogen) atoms. The summed E-state index contributed by atoms with van der Waals surface area (Å²) >= 11 is 0. The molecule has 0 saturated carbocycles. The fraction of sp³-hybridized carbons (Fsp3) is 0.143. The first-order valence-corrected chi connectivity index (χ1v) is 15.8. The Labute approximate surface area is 265 Å². The minimum Gasteiger partial charge on any atom is -0.399 e. The highest BCUT2D eigenvalue weighted by Gasteiger charge is 2.51. The van der Waals surface area contributed by atoms with Gasteiger partial charge in [-0.05, 0) is 117 Å². The monoisotopic (exact) mass is 582 g/mol. The Kier molecular flexibility index (Phi) is 6.46. The zero-order valence-corrected chi connectivity index (χ0v) is 26.2. The summed E-state index contributed by atoms with van der Waals surface area (Å²) in [4.78, 5) is 0. The van der Waals surface area contributed by atoms with Crippen LogP contribution in [0.1, 0.15) is 27.7 Å². The molecule has 0 bridgehead atoms. The van der Waals surface area contributed by atoms with Gasteiger partial charge in [-0.1, -0.05) is 121 Å². The molecule has 0 aliphatic carbocycles. The third kappa shape index (κ3) is 4.84. The molecule has 0 amide bonds. The van der Waals surface area contributed by atoms with Crippen molar-refractivity contribution in [3.8, 4) is 33.4 Å². The standard InChI is InChI=1S/C42H35BO2/c1-41(2)42(3,4)45-43(44-41)36-23-22-33-25-30(18-19-34(33)27-36)29-16-17-32-26-35(21-20-31(32)24-29)38-13-7-8-14-39(38)40-15-9-11-28-10-5-6-12-37(28)40/h5-27H,1-4H3. The van der Waals surface area contributed by atoms with E-state index in [1.807, 2.05) is 0 Å². The van der Waals surface area contributed by atoms with Gasteiger partial charge in [0.05, 0.1) is 11.2 Å². The molecule has 0 unspecified atom stereocenters.